The van der Waals surface area contributed by atoms with Gasteiger partial charge in [0, 0.05) is 5.56 Å². The minimum absolute atomic E-state index is 0.117. The Morgan fingerprint density at radius 1 is 1.14 bits per heavy atom. The van der Waals surface area contributed by atoms with Crippen LogP contribution in [0.3, 0.4) is 0 Å². The SMILES string of the molecule is O=C(NC[C@H](O)c1ccccc1F)OCc1ccccc1. The molecule has 0 saturated carbocycles. The molecule has 2 aromatic rings. The summed E-state index contributed by atoms with van der Waals surface area (Å²) in [4.78, 5) is 11.5. The summed E-state index contributed by atoms with van der Waals surface area (Å²) in [6.07, 6.45) is -1.77. The lowest BCUT2D eigenvalue weighted by Crippen LogP contribution is -2.29. The van der Waals surface area contributed by atoms with Gasteiger partial charge in [0.1, 0.15) is 12.4 Å². The Morgan fingerprint density at radius 2 is 1.81 bits per heavy atom. The number of hydrogen-bond acceptors (Lipinski definition) is 3. The first kappa shape index (κ1) is 15.0. The van der Waals surface area contributed by atoms with Gasteiger partial charge < -0.3 is 15.2 Å². The van der Waals surface area contributed by atoms with Gasteiger partial charge in [0.2, 0.25) is 0 Å². The molecule has 0 radical (unpaired) electrons. The Labute approximate surface area is 122 Å². The van der Waals surface area contributed by atoms with Crippen molar-refractivity contribution in [1.82, 2.24) is 5.32 Å². The van der Waals surface area contributed by atoms with Crippen LogP contribution < -0.4 is 5.32 Å². The predicted molar refractivity (Wildman–Crippen MR) is 76.0 cm³/mol. The molecule has 0 aliphatic carbocycles. The molecule has 0 spiro atoms. The number of benzene rings is 2. The van der Waals surface area contributed by atoms with Gasteiger partial charge >= 0.3 is 6.09 Å². The number of halogens is 1. The van der Waals surface area contributed by atoms with Crippen LogP contribution in [0.5, 0.6) is 0 Å². The first-order chi connectivity index (χ1) is 10.2. The Kier molecular flexibility index (Phi) is 5.29. The molecule has 2 N–H and O–H groups in total. The van der Waals surface area contributed by atoms with Crippen molar-refractivity contribution in [3.05, 3.63) is 71.5 Å². The summed E-state index contributed by atoms with van der Waals surface area (Å²) in [6.45, 7) is 0.0248. The van der Waals surface area contributed by atoms with Gasteiger partial charge in [0.25, 0.3) is 0 Å². The van der Waals surface area contributed by atoms with Crippen molar-refractivity contribution in [3.8, 4) is 0 Å². The van der Waals surface area contributed by atoms with E-state index < -0.39 is 18.0 Å². The molecule has 0 aliphatic rings. The van der Waals surface area contributed by atoms with E-state index >= 15 is 0 Å². The summed E-state index contributed by atoms with van der Waals surface area (Å²) in [7, 11) is 0. The summed E-state index contributed by atoms with van der Waals surface area (Å²) >= 11 is 0. The van der Waals surface area contributed by atoms with Gasteiger partial charge in [-0.3, -0.25) is 0 Å². The molecule has 1 atom stereocenters. The number of carbonyl (C=O) groups is 1. The Balaban J connectivity index is 1.77. The third-order valence-electron chi connectivity index (χ3n) is 2.92. The summed E-state index contributed by atoms with van der Waals surface area (Å²) in [5.74, 6) is -0.510. The summed E-state index contributed by atoms with van der Waals surface area (Å²) < 4.78 is 18.4. The zero-order valence-electron chi connectivity index (χ0n) is 11.3. The third-order valence-corrected chi connectivity index (χ3v) is 2.92. The van der Waals surface area contributed by atoms with Gasteiger partial charge in [-0.1, -0.05) is 48.5 Å². The first-order valence-electron chi connectivity index (χ1n) is 6.54. The smallest absolute Gasteiger partial charge is 0.407 e. The van der Waals surface area contributed by atoms with Crippen LogP contribution in [-0.4, -0.2) is 17.7 Å². The fourth-order valence-corrected chi connectivity index (χ4v) is 1.81. The quantitative estimate of drug-likeness (QED) is 0.890. The number of nitrogens with one attached hydrogen (secondary N) is 1. The molecule has 2 rings (SSSR count). The highest BCUT2D eigenvalue weighted by Gasteiger charge is 2.13. The molecule has 5 heteroatoms. The van der Waals surface area contributed by atoms with E-state index in [-0.39, 0.29) is 18.7 Å². The number of ether oxygens (including phenoxy) is 1. The largest absolute Gasteiger partial charge is 0.445 e. The number of hydrogen-bond donors (Lipinski definition) is 2. The van der Waals surface area contributed by atoms with Crippen molar-refractivity contribution in [3.63, 3.8) is 0 Å². The summed E-state index contributed by atoms with van der Waals surface area (Å²) in [5.41, 5.74) is 1.00. The predicted octanol–water partition coefficient (Wildman–Crippen LogP) is 2.79. The van der Waals surface area contributed by atoms with E-state index in [0.29, 0.717) is 0 Å². The molecule has 21 heavy (non-hydrogen) atoms. The molecule has 0 unspecified atom stereocenters. The number of carbonyl (C=O) groups excluding carboxylic acids is 1. The molecule has 0 bridgehead atoms. The average molecular weight is 289 g/mol. The second-order valence-electron chi connectivity index (χ2n) is 4.48. The highest BCUT2D eigenvalue weighted by atomic mass is 19.1. The van der Waals surface area contributed by atoms with Gasteiger partial charge in [-0.25, -0.2) is 9.18 Å². The number of aliphatic hydroxyl groups excluding tert-OH is 1. The second-order valence-corrected chi connectivity index (χ2v) is 4.48. The van der Waals surface area contributed by atoms with Crippen molar-refractivity contribution in [1.29, 1.82) is 0 Å². The molecular weight excluding hydrogens is 273 g/mol. The Morgan fingerprint density at radius 3 is 2.52 bits per heavy atom. The van der Waals surface area contributed by atoms with Crippen LogP contribution in [0.1, 0.15) is 17.2 Å². The maximum absolute atomic E-state index is 13.4. The zero-order chi connectivity index (χ0) is 15.1. The first-order valence-corrected chi connectivity index (χ1v) is 6.54. The highest BCUT2D eigenvalue weighted by Crippen LogP contribution is 2.15. The minimum Gasteiger partial charge on any atom is -0.445 e. The monoisotopic (exact) mass is 289 g/mol. The van der Waals surface area contributed by atoms with Crippen LogP contribution in [0.4, 0.5) is 9.18 Å². The Bertz CT molecular complexity index is 589. The van der Waals surface area contributed by atoms with Crippen molar-refractivity contribution < 1.29 is 19.0 Å². The Hall–Kier alpha value is -2.40. The molecule has 0 saturated heterocycles. The normalized spacial score (nSPS) is 11.7. The van der Waals surface area contributed by atoms with Gasteiger partial charge in [-0.05, 0) is 11.6 Å². The summed E-state index contributed by atoms with van der Waals surface area (Å²) in [6, 6.07) is 15.1. The van der Waals surface area contributed by atoms with E-state index in [1.54, 1.807) is 6.07 Å². The van der Waals surface area contributed by atoms with Crippen molar-refractivity contribution in [2.75, 3.05) is 6.54 Å². The van der Waals surface area contributed by atoms with Crippen LogP contribution in [0.15, 0.2) is 54.6 Å². The molecule has 2 aromatic carbocycles. The molecule has 1 amide bonds. The van der Waals surface area contributed by atoms with Crippen molar-refractivity contribution in [2.45, 2.75) is 12.7 Å². The molecule has 110 valence electrons. The lowest BCUT2D eigenvalue weighted by Gasteiger charge is -2.13. The van der Waals surface area contributed by atoms with Crippen molar-refractivity contribution >= 4 is 6.09 Å². The lowest BCUT2D eigenvalue weighted by molar-refractivity contribution is 0.125. The molecule has 0 heterocycles. The number of amides is 1. The van der Waals surface area contributed by atoms with Crippen LogP contribution in [-0.2, 0) is 11.3 Å². The maximum Gasteiger partial charge on any atom is 0.407 e. The van der Waals surface area contributed by atoms with E-state index in [0.717, 1.165) is 5.56 Å². The topological polar surface area (TPSA) is 58.6 Å². The van der Waals surface area contributed by atoms with E-state index in [1.165, 1.54) is 18.2 Å². The third kappa shape index (κ3) is 4.57. The van der Waals surface area contributed by atoms with Crippen molar-refractivity contribution in [2.24, 2.45) is 0 Å². The number of alkyl carbamates (subject to hydrolysis) is 1. The van der Waals surface area contributed by atoms with Crippen LogP contribution in [0.25, 0.3) is 0 Å². The molecular formula is C16H16FNO3. The standard InChI is InChI=1S/C16H16FNO3/c17-14-9-5-4-8-13(14)15(19)10-18-16(20)21-11-12-6-2-1-3-7-12/h1-9,15,19H,10-11H2,(H,18,20)/t15-/m0/s1. The van der Waals surface area contributed by atoms with Gasteiger partial charge in [-0.2, -0.15) is 0 Å². The van der Waals surface area contributed by atoms with Crippen LogP contribution in [0.2, 0.25) is 0 Å². The molecule has 0 aliphatic heterocycles. The van der Waals surface area contributed by atoms with E-state index in [4.69, 9.17) is 4.74 Å². The number of rotatable bonds is 5. The van der Waals surface area contributed by atoms with E-state index in [9.17, 15) is 14.3 Å². The molecule has 0 fully saturated rings. The molecule has 0 aromatic heterocycles. The second kappa shape index (κ2) is 7.40. The van der Waals surface area contributed by atoms with Gasteiger partial charge in [0.15, 0.2) is 0 Å². The molecule has 4 nitrogen and oxygen atoms in total. The van der Waals surface area contributed by atoms with Gasteiger partial charge in [0.05, 0.1) is 12.6 Å². The van der Waals surface area contributed by atoms with E-state index in [1.807, 2.05) is 30.3 Å². The zero-order valence-corrected chi connectivity index (χ0v) is 11.3. The van der Waals surface area contributed by atoms with Gasteiger partial charge in [-0.15, -0.1) is 0 Å². The highest BCUT2D eigenvalue weighted by molar-refractivity contribution is 5.67. The fourth-order valence-electron chi connectivity index (χ4n) is 1.81. The fraction of sp³-hybridized carbons (Fsp3) is 0.188. The maximum atomic E-state index is 13.4. The minimum atomic E-state index is -1.12. The lowest BCUT2D eigenvalue weighted by atomic mass is 10.1. The van der Waals surface area contributed by atoms with E-state index in [2.05, 4.69) is 5.32 Å². The number of aliphatic hydroxyl groups is 1. The van der Waals surface area contributed by atoms with Crippen LogP contribution >= 0.6 is 0 Å². The van der Waals surface area contributed by atoms with Crippen LogP contribution in [0, 0.1) is 5.82 Å². The summed E-state index contributed by atoms with van der Waals surface area (Å²) in [5, 5.41) is 12.2. The average Bonchev–Trinajstić information content (AvgIpc) is 2.52.